The first-order valence-corrected chi connectivity index (χ1v) is 8.69. The Bertz CT molecular complexity index is 785. The number of anilines is 1. The topological polar surface area (TPSA) is 87.2 Å². The Morgan fingerprint density at radius 3 is 2.69 bits per heavy atom. The molecule has 0 saturated carbocycles. The maximum atomic E-state index is 13.1. The second-order valence-electron chi connectivity index (χ2n) is 6.68. The molecule has 138 valence electrons. The minimum Gasteiger partial charge on any atom is -0.375 e. The molecule has 0 aliphatic carbocycles. The SMILES string of the molecule is COCC(=O)N1CCc2[nH]cnc2C12CCN(c1ncc(F)cn1)CC2. The summed E-state index contributed by atoms with van der Waals surface area (Å²) in [5, 5.41) is 0. The lowest BCUT2D eigenvalue weighted by Crippen LogP contribution is -2.59. The van der Waals surface area contributed by atoms with Gasteiger partial charge in [0.15, 0.2) is 5.82 Å². The predicted molar refractivity (Wildman–Crippen MR) is 91.0 cm³/mol. The van der Waals surface area contributed by atoms with Crippen molar-refractivity contribution in [3.63, 3.8) is 0 Å². The van der Waals surface area contributed by atoms with Crippen molar-refractivity contribution < 1.29 is 13.9 Å². The van der Waals surface area contributed by atoms with Crippen LogP contribution in [-0.2, 0) is 21.5 Å². The monoisotopic (exact) mass is 360 g/mol. The third-order valence-electron chi connectivity index (χ3n) is 5.31. The molecular weight excluding hydrogens is 339 g/mol. The number of rotatable bonds is 3. The summed E-state index contributed by atoms with van der Waals surface area (Å²) in [6.45, 7) is 2.03. The molecule has 1 N–H and O–H groups in total. The number of ether oxygens (including phenoxy) is 1. The first-order valence-electron chi connectivity index (χ1n) is 8.69. The lowest BCUT2D eigenvalue weighted by atomic mass is 9.78. The van der Waals surface area contributed by atoms with Gasteiger partial charge >= 0.3 is 0 Å². The van der Waals surface area contributed by atoms with Gasteiger partial charge in [-0.3, -0.25) is 4.79 Å². The lowest BCUT2D eigenvalue weighted by Gasteiger charge is -2.50. The summed E-state index contributed by atoms with van der Waals surface area (Å²) >= 11 is 0. The fourth-order valence-electron chi connectivity index (χ4n) is 4.09. The number of halogens is 1. The zero-order chi connectivity index (χ0) is 18.1. The second kappa shape index (κ2) is 6.64. The number of H-pyrrole nitrogens is 1. The van der Waals surface area contributed by atoms with Crippen LogP contribution in [0.3, 0.4) is 0 Å². The summed E-state index contributed by atoms with van der Waals surface area (Å²) in [4.78, 5) is 32.5. The van der Waals surface area contributed by atoms with E-state index in [1.54, 1.807) is 6.33 Å². The summed E-state index contributed by atoms with van der Waals surface area (Å²) in [6, 6.07) is 0. The number of nitrogens with one attached hydrogen (secondary N) is 1. The molecule has 0 aromatic carbocycles. The minimum absolute atomic E-state index is 0.0207. The number of fused-ring (bicyclic) bond motifs is 2. The van der Waals surface area contributed by atoms with Crippen molar-refractivity contribution in [2.24, 2.45) is 0 Å². The van der Waals surface area contributed by atoms with E-state index < -0.39 is 11.4 Å². The van der Waals surface area contributed by atoms with Crippen molar-refractivity contribution in [3.05, 3.63) is 35.9 Å². The van der Waals surface area contributed by atoms with Gasteiger partial charge in [0.05, 0.1) is 30.0 Å². The molecule has 0 bridgehead atoms. The predicted octanol–water partition coefficient (Wildman–Crippen LogP) is 0.866. The third-order valence-corrected chi connectivity index (χ3v) is 5.31. The van der Waals surface area contributed by atoms with E-state index in [0.29, 0.717) is 38.4 Å². The van der Waals surface area contributed by atoms with Gasteiger partial charge in [-0.05, 0) is 12.8 Å². The smallest absolute Gasteiger partial charge is 0.249 e. The highest BCUT2D eigenvalue weighted by molar-refractivity contribution is 5.79. The van der Waals surface area contributed by atoms with Crippen LogP contribution in [0.4, 0.5) is 10.3 Å². The number of aromatic nitrogens is 4. The van der Waals surface area contributed by atoms with Crippen LogP contribution in [0.25, 0.3) is 0 Å². The molecule has 2 aromatic rings. The number of amides is 1. The van der Waals surface area contributed by atoms with Crippen LogP contribution in [0.5, 0.6) is 0 Å². The maximum absolute atomic E-state index is 13.1. The maximum Gasteiger partial charge on any atom is 0.249 e. The van der Waals surface area contributed by atoms with Gasteiger partial charge < -0.3 is 19.5 Å². The molecule has 0 atom stereocenters. The number of hydrogen-bond donors (Lipinski definition) is 1. The van der Waals surface area contributed by atoms with Crippen LogP contribution in [-0.4, -0.2) is 64.1 Å². The molecule has 2 aromatic heterocycles. The number of methoxy groups -OCH3 is 1. The molecule has 1 spiro atoms. The van der Waals surface area contributed by atoms with Gasteiger partial charge in [0.25, 0.3) is 0 Å². The highest BCUT2D eigenvalue weighted by Crippen LogP contribution is 2.42. The Labute approximate surface area is 150 Å². The molecular formula is C17H21FN6O2. The molecule has 2 aliphatic rings. The zero-order valence-electron chi connectivity index (χ0n) is 14.6. The fraction of sp³-hybridized carbons (Fsp3) is 0.529. The van der Waals surface area contributed by atoms with Crippen LogP contribution in [0.1, 0.15) is 24.2 Å². The van der Waals surface area contributed by atoms with Crippen molar-refractivity contribution in [2.45, 2.75) is 24.8 Å². The van der Waals surface area contributed by atoms with Gasteiger partial charge in [-0.25, -0.2) is 19.3 Å². The van der Waals surface area contributed by atoms with Crippen molar-refractivity contribution in [1.29, 1.82) is 0 Å². The Morgan fingerprint density at radius 2 is 2.00 bits per heavy atom. The highest BCUT2D eigenvalue weighted by Gasteiger charge is 2.48. The number of piperidine rings is 1. The number of aromatic amines is 1. The van der Waals surface area contributed by atoms with Gasteiger partial charge in [-0.1, -0.05) is 0 Å². The van der Waals surface area contributed by atoms with Gasteiger partial charge in [-0.2, -0.15) is 0 Å². The molecule has 0 radical (unpaired) electrons. The summed E-state index contributed by atoms with van der Waals surface area (Å²) in [7, 11) is 1.53. The normalized spacial score (nSPS) is 18.8. The molecule has 0 unspecified atom stereocenters. The summed E-state index contributed by atoms with van der Waals surface area (Å²) < 4.78 is 18.1. The van der Waals surface area contributed by atoms with Crippen molar-refractivity contribution in [2.75, 3.05) is 38.3 Å². The largest absolute Gasteiger partial charge is 0.375 e. The van der Waals surface area contributed by atoms with Crippen LogP contribution in [0.15, 0.2) is 18.7 Å². The quantitative estimate of drug-likeness (QED) is 0.874. The number of hydrogen-bond acceptors (Lipinski definition) is 6. The standard InChI is InChI=1S/C17H21FN6O2/c1-26-10-14(25)24-5-2-13-15(22-11-21-13)17(24)3-6-23(7-4-17)16-19-8-12(18)9-20-16/h8-9,11H,2-7,10H2,1H3,(H,21,22). The van der Waals surface area contributed by atoms with Crippen LogP contribution >= 0.6 is 0 Å². The van der Waals surface area contributed by atoms with Crippen LogP contribution in [0.2, 0.25) is 0 Å². The van der Waals surface area contributed by atoms with E-state index >= 15 is 0 Å². The molecule has 26 heavy (non-hydrogen) atoms. The van der Waals surface area contributed by atoms with Gasteiger partial charge in [0.1, 0.15) is 6.61 Å². The first kappa shape index (κ1) is 16.9. The van der Waals surface area contributed by atoms with E-state index in [1.807, 2.05) is 9.80 Å². The fourth-order valence-corrected chi connectivity index (χ4v) is 4.09. The zero-order valence-corrected chi connectivity index (χ0v) is 14.6. The van der Waals surface area contributed by atoms with E-state index in [-0.39, 0.29) is 12.5 Å². The molecule has 2 aliphatic heterocycles. The lowest BCUT2D eigenvalue weighted by molar-refractivity contribution is -0.144. The second-order valence-corrected chi connectivity index (χ2v) is 6.68. The van der Waals surface area contributed by atoms with Crippen LogP contribution in [0, 0.1) is 5.82 Å². The van der Waals surface area contributed by atoms with Crippen molar-refractivity contribution in [3.8, 4) is 0 Å². The third kappa shape index (κ3) is 2.72. The first-order chi connectivity index (χ1) is 12.6. The molecule has 1 saturated heterocycles. The average molecular weight is 360 g/mol. The molecule has 4 heterocycles. The van der Waals surface area contributed by atoms with E-state index in [0.717, 1.165) is 17.8 Å². The average Bonchev–Trinajstić information content (AvgIpc) is 3.14. The highest BCUT2D eigenvalue weighted by atomic mass is 19.1. The van der Waals surface area contributed by atoms with E-state index in [2.05, 4.69) is 19.9 Å². The summed E-state index contributed by atoms with van der Waals surface area (Å²) in [5.41, 5.74) is 1.60. The van der Waals surface area contributed by atoms with E-state index in [1.165, 1.54) is 19.5 Å². The molecule has 9 heteroatoms. The Hall–Kier alpha value is -2.55. The summed E-state index contributed by atoms with van der Waals surface area (Å²) in [6.07, 6.45) is 6.23. The van der Waals surface area contributed by atoms with E-state index in [9.17, 15) is 9.18 Å². The number of imidazole rings is 1. The molecule has 1 amide bonds. The number of nitrogens with zero attached hydrogens (tertiary/aromatic N) is 5. The minimum atomic E-state index is -0.452. The van der Waals surface area contributed by atoms with Crippen molar-refractivity contribution >= 4 is 11.9 Å². The van der Waals surface area contributed by atoms with E-state index in [4.69, 9.17) is 4.74 Å². The molecule has 1 fully saturated rings. The Kier molecular flexibility index (Phi) is 4.31. The number of carbonyl (C=O) groups excluding carboxylic acids is 1. The van der Waals surface area contributed by atoms with Gasteiger partial charge in [-0.15, -0.1) is 0 Å². The van der Waals surface area contributed by atoms with Gasteiger partial charge in [0.2, 0.25) is 11.9 Å². The summed E-state index contributed by atoms with van der Waals surface area (Å²) in [5.74, 6) is 0.0359. The van der Waals surface area contributed by atoms with Gasteiger partial charge in [0, 0.05) is 38.9 Å². The number of carbonyl (C=O) groups is 1. The molecule has 8 nitrogen and oxygen atoms in total. The van der Waals surface area contributed by atoms with Crippen molar-refractivity contribution in [1.82, 2.24) is 24.8 Å². The Morgan fingerprint density at radius 1 is 1.27 bits per heavy atom. The van der Waals surface area contributed by atoms with Crippen LogP contribution < -0.4 is 4.90 Å². The molecule has 4 rings (SSSR count). The Balaban J connectivity index is 1.61.